The molecule has 0 saturated carbocycles. The zero-order chi connectivity index (χ0) is 18.7. The summed E-state index contributed by atoms with van der Waals surface area (Å²) < 4.78 is 34.7. The number of ether oxygens (including phenoxy) is 2. The Labute approximate surface area is 149 Å². The largest absolute Gasteiger partial charge is 0.480 e. The van der Waals surface area contributed by atoms with Crippen molar-refractivity contribution in [1.82, 2.24) is 9.80 Å². The molecule has 2 aliphatic heterocycles. The number of carbonyl (C=O) groups is 2. The number of amides is 1. The SMILES string of the molecule is O=C(O)CN1C[C@H]2COC[C@@H]1CN(C(=O)c1cccc(OC(F)F)c1)C2. The number of carboxylic acid groups (broad SMARTS) is 1. The van der Waals surface area contributed by atoms with Gasteiger partial charge in [-0.2, -0.15) is 8.78 Å². The number of nitrogens with zero attached hydrogens (tertiary/aromatic N) is 2. The zero-order valence-corrected chi connectivity index (χ0v) is 14.0. The Kier molecular flexibility index (Phi) is 5.67. The van der Waals surface area contributed by atoms with Gasteiger partial charge in [0.2, 0.25) is 0 Å². The van der Waals surface area contributed by atoms with Gasteiger partial charge in [-0.1, -0.05) is 6.07 Å². The average molecular weight is 370 g/mol. The first-order valence-corrected chi connectivity index (χ1v) is 8.30. The predicted octanol–water partition coefficient (Wildman–Crippen LogP) is 1.15. The van der Waals surface area contributed by atoms with Crippen LogP contribution in [0.2, 0.25) is 0 Å². The maximum Gasteiger partial charge on any atom is 0.387 e. The van der Waals surface area contributed by atoms with Crippen LogP contribution in [0, 0.1) is 5.92 Å². The summed E-state index contributed by atoms with van der Waals surface area (Å²) in [7, 11) is 0. The molecule has 3 rings (SSSR count). The molecule has 2 fully saturated rings. The van der Waals surface area contributed by atoms with Crippen molar-refractivity contribution in [3.63, 3.8) is 0 Å². The molecule has 1 aromatic carbocycles. The van der Waals surface area contributed by atoms with E-state index in [9.17, 15) is 18.4 Å². The Morgan fingerprint density at radius 3 is 2.81 bits per heavy atom. The molecule has 0 aromatic heterocycles. The maximum absolute atomic E-state index is 12.9. The van der Waals surface area contributed by atoms with Crippen LogP contribution in [0.15, 0.2) is 24.3 Å². The third-order valence-electron chi connectivity index (χ3n) is 4.51. The first-order chi connectivity index (χ1) is 12.4. The van der Waals surface area contributed by atoms with E-state index < -0.39 is 12.6 Å². The number of fused-ring (bicyclic) bond motifs is 3. The van der Waals surface area contributed by atoms with Gasteiger partial charge < -0.3 is 19.5 Å². The van der Waals surface area contributed by atoms with Gasteiger partial charge >= 0.3 is 12.6 Å². The number of carboxylic acids is 1. The fourth-order valence-electron chi connectivity index (χ4n) is 3.45. The summed E-state index contributed by atoms with van der Waals surface area (Å²) in [5, 5.41) is 9.09. The van der Waals surface area contributed by atoms with Gasteiger partial charge in [-0.25, -0.2) is 0 Å². The number of rotatable bonds is 5. The second kappa shape index (κ2) is 7.96. The molecule has 2 saturated heterocycles. The molecule has 9 heteroatoms. The van der Waals surface area contributed by atoms with Crippen molar-refractivity contribution >= 4 is 11.9 Å². The van der Waals surface area contributed by atoms with Crippen LogP contribution in [-0.4, -0.2) is 78.8 Å². The minimum atomic E-state index is -2.96. The van der Waals surface area contributed by atoms with Crippen LogP contribution in [-0.2, 0) is 9.53 Å². The molecule has 2 heterocycles. The highest BCUT2D eigenvalue weighted by molar-refractivity contribution is 5.94. The summed E-state index contributed by atoms with van der Waals surface area (Å²) >= 11 is 0. The molecule has 142 valence electrons. The predicted molar refractivity (Wildman–Crippen MR) is 86.3 cm³/mol. The molecule has 0 spiro atoms. The van der Waals surface area contributed by atoms with Crippen LogP contribution in [0.3, 0.4) is 0 Å². The van der Waals surface area contributed by atoms with Gasteiger partial charge in [0, 0.05) is 31.1 Å². The number of halogens is 2. The summed E-state index contributed by atoms with van der Waals surface area (Å²) in [6.45, 7) is -0.986. The third kappa shape index (κ3) is 4.47. The van der Waals surface area contributed by atoms with Crippen LogP contribution in [0.1, 0.15) is 10.4 Å². The third-order valence-corrected chi connectivity index (χ3v) is 4.51. The molecule has 0 aliphatic carbocycles. The molecular formula is C17H20F2N2O5. The molecular weight excluding hydrogens is 350 g/mol. The van der Waals surface area contributed by atoms with Crippen molar-refractivity contribution in [2.24, 2.45) is 5.92 Å². The van der Waals surface area contributed by atoms with Gasteiger partial charge in [-0.05, 0) is 18.2 Å². The molecule has 2 aliphatic rings. The van der Waals surface area contributed by atoms with Crippen molar-refractivity contribution in [2.45, 2.75) is 12.7 Å². The Morgan fingerprint density at radius 2 is 2.08 bits per heavy atom. The second-order valence-corrected chi connectivity index (χ2v) is 6.50. The molecule has 2 atom stereocenters. The van der Waals surface area contributed by atoms with E-state index in [0.717, 1.165) is 0 Å². The minimum Gasteiger partial charge on any atom is -0.480 e. The lowest BCUT2D eigenvalue weighted by atomic mass is 10.1. The fraction of sp³-hybridized carbons (Fsp3) is 0.529. The van der Waals surface area contributed by atoms with E-state index >= 15 is 0 Å². The first kappa shape index (κ1) is 18.5. The van der Waals surface area contributed by atoms with Crippen molar-refractivity contribution in [2.75, 3.05) is 39.4 Å². The zero-order valence-electron chi connectivity index (χ0n) is 14.0. The van der Waals surface area contributed by atoms with E-state index in [2.05, 4.69) is 4.74 Å². The standard InChI is InChI=1S/C17H20F2N2O5/c18-17(19)26-14-3-1-2-12(4-14)16(24)21-6-11-5-20(8-15(22)23)13(7-21)10-25-9-11/h1-4,11,13,17H,5-10H2,(H,22,23)/t11-,13+/m1/s1. The Morgan fingerprint density at radius 1 is 1.27 bits per heavy atom. The van der Waals surface area contributed by atoms with Gasteiger partial charge in [0.05, 0.1) is 25.8 Å². The highest BCUT2D eigenvalue weighted by Crippen LogP contribution is 2.23. The van der Waals surface area contributed by atoms with Crippen LogP contribution in [0.25, 0.3) is 0 Å². The Bertz CT molecular complexity index is 672. The van der Waals surface area contributed by atoms with Gasteiger partial charge in [0.1, 0.15) is 5.75 Å². The maximum atomic E-state index is 12.9. The Hall–Kier alpha value is -2.26. The van der Waals surface area contributed by atoms with Crippen LogP contribution < -0.4 is 4.74 Å². The highest BCUT2D eigenvalue weighted by Gasteiger charge is 2.36. The molecule has 0 radical (unpaired) electrons. The molecule has 7 nitrogen and oxygen atoms in total. The topological polar surface area (TPSA) is 79.3 Å². The van der Waals surface area contributed by atoms with E-state index in [-0.39, 0.29) is 35.7 Å². The molecule has 1 N–H and O–H groups in total. The summed E-state index contributed by atoms with van der Waals surface area (Å²) in [6.07, 6.45) is 0. The van der Waals surface area contributed by atoms with Crippen LogP contribution in [0.5, 0.6) is 5.75 Å². The van der Waals surface area contributed by atoms with E-state index in [1.807, 2.05) is 4.90 Å². The number of hydrogen-bond acceptors (Lipinski definition) is 5. The lowest BCUT2D eigenvalue weighted by molar-refractivity contribution is -0.139. The first-order valence-electron chi connectivity index (χ1n) is 8.30. The number of aliphatic carboxylic acids is 1. The van der Waals surface area contributed by atoms with Gasteiger partial charge in [-0.15, -0.1) is 0 Å². The van der Waals surface area contributed by atoms with Crippen molar-refractivity contribution in [3.8, 4) is 5.75 Å². The molecule has 0 unspecified atom stereocenters. The van der Waals surface area contributed by atoms with Crippen molar-refractivity contribution in [1.29, 1.82) is 0 Å². The molecule has 26 heavy (non-hydrogen) atoms. The highest BCUT2D eigenvalue weighted by atomic mass is 19.3. The fourth-order valence-corrected chi connectivity index (χ4v) is 3.45. The smallest absolute Gasteiger partial charge is 0.387 e. The van der Waals surface area contributed by atoms with E-state index in [0.29, 0.717) is 32.8 Å². The Balaban J connectivity index is 1.77. The number of carbonyl (C=O) groups excluding carboxylic acids is 1. The average Bonchev–Trinajstić information content (AvgIpc) is 2.83. The number of hydrogen-bond donors (Lipinski definition) is 1. The number of alkyl halides is 2. The lowest BCUT2D eigenvalue weighted by Gasteiger charge is -2.30. The molecule has 1 aromatic rings. The number of benzene rings is 1. The quantitative estimate of drug-likeness (QED) is 0.838. The van der Waals surface area contributed by atoms with Crippen molar-refractivity contribution in [3.05, 3.63) is 29.8 Å². The van der Waals surface area contributed by atoms with Crippen molar-refractivity contribution < 1.29 is 33.0 Å². The van der Waals surface area contributed by atoms with Gasteiger partial charge in [-0.3, -0.25) is 14.5 Å². The normalized spacial score (nSPS) is 23.6. The minimum absolute atomic E-state index is 0.00806. The second-order valence-electron chi connectivity index (χ2n) is 6.50. The van der Waals surface area contributed by atoms with E-state index in [1.54, 1.807) is 11.0 Å². The van der Waals surface area contributed by atoms with Gasteiger partial charge in [0.15, 0.2) is 0 Å². The summed E-state index contributed by atoms with van der Waals surface area (Å²) in [6, 6.07) is 5.47. The van der Waals surface area contributed by atoms with Gasteiger partial charge in [0.25, 0.3) is 5.91 Å². The summed E-state index contributed by atoms with van der Waals surface area (Å²) in [4.78, 5) is 27.4. The lowest BCUT2D eigenvalue weighted by Crippen LogP contribution is -2.47. The van der Waals surface area contributed by atoms with E-state index in [4.69, 9.17) is 9.84 Å². The molecule has 2 bridgehead atoms. The monoisotopic (exact) mass is 370 g/mol. The van der Waals surface area contributed by atoms with E-state index in [1.165, 1.54) is 18.2 Å². The summed E-state index contributed by atoms with van der Waals surface area (Å²) in [5.41, 5.74) is 0.258. The summed E-state index contributed by atoms with van der Waals surface area (Å²) in [5.74, 6) is -1.30. The van der Waals surface area contributed by atoms with Crippen LogP contribution >= 0.6 is 0 Å². The van der Waals surface area contributed by atoms with Crippen LogP contribution in [0.4, 0.5) is 8.78 Å². The molecule has 1 amide bonds.